The predicted octanol–water partition coefficient (Wildman–Crippen LogP) is 5.66. The lowest BCUT2D eigenvalue weighted by Crippen LogP contribution is -2.41. The number of nitrogens with zero attached hydrogens (tertiary/aromatic N) is 2. The number of rotatable bonds is 6. The first-order chi connectivity index (χ1) is 17.0. The van der Waals surface area contributed by atoms with E-state index >= 15 is 0 Å². The van der Waals surface area contributed by atoms with Crippen LogP contribution >= 0.6 is 12.2 Å². The van der Waals surface area contributed by atoms with Crippen molar-refractivity contribution >= 4 is 28.7 Å². The van der Waals surface area contributed by atoms with Crippen LogP contribution in [0, 0.1) is 11.3 Å². The normalized spacial score (nSPS) is 22.3. The Kier molecular flexibility index (Phi) is 7.12. The van der Waals surface area contributed by atoms with E-state index in [1.54, 1.807) is 0 Å². The van der Waals surface area contributed by atoms with E-state index in [0.29, 0.717) is 11.2 Å². The number of hydrogen-bond acceptors (Lipinski definition) is 5. The van der Waals surface area contributed by atoms with Crippen LogP contribution in [-0.4, -0.2) is 36.5 Å². The Morgan fingerprint density at radius 2 is 1.86 bits per heavy atom. The monoisotopic (exact) mass is 490 g/mol. The van der Waals surface area contributed by atoms with Crippen LogP contribution in [-0.2, 0) is 4.74 Å². The number of fused-ring (bicyclic) bond motifs is 1. The van der Waals surface area contributed by atoms with E-state index in [4.69, 9.17) is 21.7 Å². The van der Waals surface area contributed by atoms with Crippen molar-refractivity contribution in [3.05, 3.63) is 53.6 Å². The molecule has 0 amide bonds. The maximum atomic E-state index is 10.3. The number of hydrogen-bond donors (Lipinski definition) is 2. The molecule has 1 saturated carbocycles. The predicted molar refractivity (Wildman–Crippen MR) is 143 cm³/mol. The molecule has 7 heteroatoms. The molecule has 2 heterocycles. The van der Waals surface area contributed by atoms with E-state index in [1.807, 2.05) is 6.07 Å². The van der Waals surface area contributed by atoms with Gasteiger partial charge in [-0.15, -0.1) is 0 Å². The first kappa shape index (κ1) is 23.9. The van der Waals surface area contributed by atoms with Gasteiger partial charge < -0.3 is 25.0 Å². The van der Waals surface area contributed by atoms with Crippen LogP contribution in [0.15, 0.2) is 42.5 Å². The van der Waals surface area contributed by atoms with E-state index in [0.717, 1.165) is 67.1 Å². The number of ether oxygens (including phenoxy) is 2. The molecule has 2 N–H and O–H groups in total. The molecule has 2 aromatic rings. The quantitative estimate of drug-likeness (QED) is 0.506. The molecule has 2 fully saturated rings. The zero-order chi connectivity index (χ0) is 24.4. The molecule has 2 aromatic carbocycles. The summed E-state index contributed by atoms with van der Waals surface area (Å²) in [6.07, 6.45) is 5.59. The van der Waals surface area contributed by atoms with Crippen molar-refractivity contribution in [2.24, 2.45) is 0 Å². The fraction of sp³-hybridized carbons (Fsp3) is 0.500. The first-order valence-electron chi connectivity index (χ1n) is 12.8. The summed E-state index contributed by atoms with van der Waals surface area (Å²) in [6.45, 7) is 5.63. The Hall–Kier alpha value is -2.82. The highest BCUT2D eigenvalue weighted by Crippen LogP contribution is 2.53. The molecule has 1 aliphatic carbocycles. The second-order valence-corrected chi connectivity index (χ2v) is 10.5. The molecule has 0 bridgehead atoms. The van der Waals surface area contributed by atoms with Crippen LogP contribution in [0.1, 0.15) is 69.0 Å². The van der Waals surface area contributed by atoms with Gasteiger partial charge in [0.25, 0.3) is 0 Å². The Bertz CT molecular complexity index is 1090. The molecule has 6 nitrogen and oxygen atoms in total. The number of benzene rings is 2. The molecule has 5 rings (SSSR count). The summed E-state index contributed by atoms with van der Waals surface area (Å²) >= 11 is 5.39. The third-order valence-electron chi connectivity index (χ3n) is 7.24. The first-order valence-corrected chi connectivity index (χ1v) is 13.2. The van der Waals surface area contributed by atoms with Gasteiger partial charge in [0.2, 0.25) is 0 Å². The van der Waals surface area contributed by atoms with Crippen LogP contribution in [0.2, 0.25) is 0 Å². The molecule has 2 aliphatic heterocycles. The lowest BCUT2D eigenvalue weighted by atomic mass is 9.87. The lowest BCUT2D eigenvalue weighted by molar-refractivity contribution is 0.0256. The molecule has 35 heavy (non-hydrogen) atoms. The summed E-state index contributed by atoms with van der Waals surface area (Å²) in [4.78, 5) is 2.50. The maximum Gasteiger partial charge on any atom is 0.170 e. The zero-order valence-electron chi connectivity index (χ0n) is 20.5. The van der Waals surface area contributed by atoms with Gasteiger partial charge in [-0.1, -0.05) is 18.2 Å². The van der Waals surface area contributed by atoms with Gasteiger partial charge in [0, 0.05) is 42.4 Å². The van der Waals surface area contributed by atoms with Crippen molar-refractivity contribution in [3.63, 3.8) is 0 Å². The Morgan fingerprint density at radius 3 is 2.49 bits per heavy atom. The lowest BCUT2D eigenvalue weighted by Gasteiger charge is -2.41. The summed E-state index contributed by atoms with van der Waals surface area (Å²) in [5.74, 6) is 0.674. The van der Waals surface area contributed by atoms with Crippen molar-refractivity contribution in [1.29, 1.82) is 5.26 Å². The van der Waals surface area contributed by atoms with Crippen molar-refractivity contribution in [2.75, 3.05) is 23.4 Å². The number of nitriles is 1. The molecular formula is C28H34N4O2S. The van der Waals surface area contributed by atoms with Crippen molar-refractivity contribution < 1.29 is 9.47 Å². The van der Waals surface area contributed by atoms with Gasteiger partial charge in [-0.05, 0) is 74.7 Å². The SMILES string of the molecule is CC(C)NC(=S)Nc1ccc(C2C(C#N)c3ccc(OC4CCOCC4)cc3N2C2CCC2)cc1. The molecule has 2 atom stereocenters. The topological polar surface area (TPSA) is 69.5 Å². The average Bonchev–Trinajstić information content (AvgIpc) is 3.12. The molecular weight excluding hydrogens is 456 g/mol. The summed E-state index contributed by atoms with van der Waals surface area (Å²) in [5.41, 5.74) is 4.35. The van der Waals surface area contributed by atoms with E-state index < -0.39 is 0 Å². The van der Waals surface area contributed by atoms with Crippen LogP contribution < -0.4 is 20.3 Å². The van der Waals surface area contributed by atoms with Crippen LogP contribution in [0.5, 0.6) is 5.75 Å². The van der Waals surface area contributed by atoms with Gasteiger partial charge in [-0.25, -0.2) is 0 Å². The van der Waals surface area contributed by atoms with E-state index in [1.165, 1.54) is 6.42 Å². The fourth-order valence-corrected chi connectivity index (χ4v) is 5.68. The second-order valence-electron chi connectivity index (χ2n) is 10.1. The van der Waals surface area contributed by atoms with E-state index in [9.17, 15) is 5.26 Å². The third-order valence-corrected chi connectivity index (χ3v) is 7.46. The van der Waals surface area contributed by atoms with Crippen LogP contribution in [0.25, 0.3) is 0 Å². The minimum absolute atomic E-state index is 0.00609. The maximum absolute atomic E-state index is 10.3. The van der Waals surface area contributed by atoms with E-state index in [-0.39, 0.29) is 24.1 Å². The van der Waals surface area contributed by atoms with Crippen LogP contribution in [0.3, 0.4) is 0 Å². The molecule has 0 radical (unpaired) electrons. The molecule has 2 unspecified atom stereocenters. The van der Waals surface area contributed by atoms with Gasteiger partial charge in [0.05, 0.1) is 31.2 Å². The summed E-state index contributed by atoms with van der Waals surface area (Å²) in [7, 11) is 0. The van der Waals surface area contributed by atoms with Crippen molar-refractivity contribution in [2.45, 2.75) is 76.1 Å². The van der Waals surface area contributed by atoms with Crippen LogP contribution in [0.4, 0.5) is 11.4 Å². The zero-order valence-corrected chi connectivity index (χ0v) is 21.3. The highest BCUT2D eigenvalue weighted by Gasteiger charge is 2.44. The summed E-state index contributed by atoms with van der Waals surface area (Å²) < 4.78 is 11.8. The molecule has 0 aromatic heterocycles. The number of anilines is 2. The van der Waals surface area contributed by atoms with Crippen molar-refractivity contribution in [1.82, 2.24) is 5.32 Å². The Morgan fingerprint density at radius 1 is 1.11 bits per heavy atom. The molecule has 0 spiro atoms. The summed E-state index contributed by atoms with van der Waals surface area (Å²) in [6, 6.07) is 18.0. The summed E-state index contributed by atoms with van der Waals surface area (Å²) in [5, 5.41) is 17.3. The highest BCUT2D eigenvalue weighted by atomic mass is 32.1. The highest BCUT2D eigenvalue weighted by molar-refractivity contribution is 7.80. The molecule has 184 valence electrons. The number of thiocarbonyl (C=S) groups is 1. The van der Waals surface area contributed by atoms with Gasteiger partial charge >= 0.3 is 0 Å². The van der Waals surface area contributed by atoms with E-state index in [2.05, 4.69) is 71.8 Å². The van der Waals surface area contributed by atoms with Gasteiger partial charge in [-0.3, -0.25) is 0 Å². The average molecular weight is 491 g/mol. The van der Waals surface area contributed by atoms with Gasteiger partial charge in [0.1, 0.15) is 11.9 Å². The van der Waals surface area contributed by atoms with Gasteiger partial charge in [0.15, 0.2) is 5.11 Å². The Balaban J connectivity index is 1.41. The van der Waals surface area contributed by atoms with Gasteiger partial charge in [-0.2, -0.15) is 5.26 Å². The standard InChI is InChI=1S/C28H34N4O2S/c1-18(2)30-28(35)31-20-8-6-19(7-9-20)27-25(17-29)24-11-10-23(34-22-12-14-33-15-13-22)16-26(24)32(27)21-4-3-5-21/h6-11,16,18,21-22,25,27H,3-5,12-15H2,1-2H3,(H2,30,31,35). The smallest absolute Gasteiger partial charge is 0.170 e. The minimum atomic E-state index is -0.217. The Labute approximate surface area is 213 Å². The molecule has 3 aliphatic rings. The minimum Gasteiger partial charge on any atom is -0.490 e. The fourth-order valence-electron chi connectivity index (χ4n) is 5.33. The molecule has 1 saturated heterocycles. The third kappa shape index (κ3) is 5.10. The number of nitrogens with one attached hydrogen (secondary N) is 2. The van der Waals surface area contributed by atoms with Crippen molar-refractivity contribution in [3.8, 4) is 11.8 Å². The second kappa shape index (κ2) is 10.4. The largest absolute Gasteiger partial charge is 0.490 e.